The monoisotopic (exact) mass is 214 g/mol. The van der Waals surface area contributed by atoms with Crippen molar-refractivity contribution in [3.8, 4) is 0 Å². The second kappa shape index (κ2) is 3.11. The molecule has 0 fully saturated rings. The van der Waals surface area contributed by atoms with Crippen LogP contribution in [0.15, 0.2) is 0 Å². The zero-order chi connectivity index (χ0) is 11.1. The van der Waals surface area contributed by atoms with Crippen LogP contribution in [0.5, 0.6) is 0 Å². The molecule has 0 bridgehead atoms. The fourth-order valence-electron chi connectivity index (χ4n) is 1.56. The van der Waals surface area contributed by atoms with E-state index in [2.05, 4.69) is 0 Å². The van der Waals surface area contributed by atoms with Gasteiger partial charge in [-0.15, -0.1) is 0 Å². The van der Waals surface area contributed by atoms with Crippen molar-refractivity contribution in [1.29, 1.82) is 0 Å². The van der Waals surface area contributed by atoms with Crippen molar-refractivity contribution in [3.63, 3.8) is 0 Å². The Morgan fingerprint density at radius 1 is 0.846 bits per heavy atom. The van der Waals surface area contributed by atoms with Crippen molar-refractivity contribution in [2.24, 2.45) is 0 Å². The summed E-state index contributed by atoms with van der Waals surface area (Å²) in [6.45, 7) is 4.76. The Hall–Kier alpha value is 0.210. The van der Waals surface area contributed by atoms with Gasteiger partial charge in [-0.05, 0) is 0 Å². The Balaban J connectivity index is 5.44. The van der Waals surface area contributed by atoms with E-state index >= 15 is 0 Å². The Kier molecular flexibility index (Phi) is 3.16. The third-order valence-corrected chi connectivity index (χ3v) is 7.41. The van der Waals surface area contributed by atoms with E-state index in [0.717, 1.165) is 9.34 Å². The number of rotatable bonds is 2. The standard InChI is InChI=1S/C8H21F2N2P/c1-8(2,3)13(9,10,11(4)5)12(6)7/h1-7H3. The molecule has 0 aromatic rings. The quantitative estimate of drug-likeness (QED) is 0.652. The molecular weight excluding hydrogens is 193 g/mol. The van der Waals surface area contributed by atoms with Crippen LogP contribution in [-0.2, 0) is 0 Å². The first kappa shape index (κ1) is 13.2. The van der Waals surface area contributed by atoms with Crippen LogP contribution in [0.2, 0.25) is 0 Å². The van der Waals surface area contributed by atoms with Crippen LogP contribution >= 0.6 is 7.53 Å². The second-order valence-electron chi connectivity index (χ2n) is 4.69. The maximum atomic E-state index is 14.5. The predicted molar refractivity (Wildman–Crippen MR) is 56.3 cm³/mol. The molecule has 2 nitrogen and oxygen atoms in total. The van der Waals surface area contributed by atoms with Gasteiger partial charge in [0, 0.05) is 0 Å². The molecule has 0 spiro atoms. The number of nitrogens with zero attached hydrogens (tertiary/aromatic N) is 2. The average Bonchev–Trinajstić information content (AvgIpc) is 1.84. The van der Waals surface area contributed by atoms with Crippen LogP contribution in [0, 0.1) is 0 Å². The Labute approximate surface area is 80.2 Å². The van der Waals surface area contributed by atoms with Gasteiger partial charge in [-0.3, -0.25) is 0 Å². The summed E-state index contributed by atoms with van der Waals surface area (Å²) in [5.41, 5.74) is 0. The van der Waals surface area contributed by atoms with E-state index < -0.39 is 12.7 Å². The molecule has 0 aromatic carbocycles. The van der Waals surface area contributed by atoms with E-state index in [-0.39, 0.29) is 0 Å². The van der Waals surface area contributed by atoms with Crippen LogP contribution < -0.4 is 0 Å². The van der Waals surface area contributed by atoms with Gasteiger partial charge in [0.1, 0.15) is 0 Å². The molecule has 0 amide bonds. The van der Waals surface area contributed by atoms with Gasteiger partial charge >= 0.3 is 79.4 Å². The fraction of sp³-hybridized carbons (Fsp3) is 1.00. The van der Waals surface area contributed by atoms with E-state index in [4.69, 9.17) is 0 Å². The molecule has 0 unspecified atom stereocenters. The van der Waals surface area contributed by atoms with E-state index in [9.17, 15) is 8.39 Å². The summed E-state index contributed by atoms with van der Waals surface area (Å²) in [5.74, 6) is 0. The molecule has 0 radical (unpaired) electrons. The molecule has 0 rings (SSSR count). The third kappa shape index (κ3) is 1.60. The third-order valence-electron chi connectivity index (χ3n) is 2.47. The summed E-state index contributed by atoms with van der Waals surface area (Å²) >= 11 is 0. The van der Waals surface area contributed by atoms with Gasteiger partial charge in [0.2, 0.25) is 0 Å². The van der Waals surface area contributed by atoms with Crippen LogP contribution in [0.3, 0.4) is 0 Å². The van der Waals surface area contributed by atoms with Gasteiger partial charge in [0.05, 0.1) is 0 Å². The molecule has 0 saturated heterocycles. The van der Waals surface area contributed by atoms with Gasteiger partial charge in [-0.25, -0.2) is 0 Å². The molecule has 0 saturated carbocycles. The first-order valence-corrected chi connectivity index (χ1v) is 6.17. The maximum absolute atomic E-state index is 14.5. The van der Waals surface area contributed by atoms with E-state index in [1.165, 1.54) is 28.2 Å². The molecule has 5 heteroatoms. The van der Waals surface area contributed by atoms with Crippen LogP contribution in [0.4, 0.5) is 8.39 Å². The van der Waals surface area contributed by atoms with Gasteiger partial charge in [0.25, 0.3) is 0 Å². The van der Waals surface area contributed by atoms with Crippen molar-refractivity contribution in [3.05, 3.63) is 0 Å². The SMILES string of the molecule is CN(C)P(F)(F)(N(C)C)C(C)(C)C. The molecule has 0 aliphatic carbocycles. The summed E-state index contributed by atoms with van der Waals surface area (Å²) in [6.07, 6.45) is 0. The number of halogens is 2. The molecular formula is C8H21F2N2P. The Bertz CT molecular complexity index is 185. The molecule has 0 atom stereocenters. The van der Waals surface area contributed by atoms with Gasteiger partial charge in [0.15, 0.2) is 0 Å². The molecule has 82 valence electrons. The van der Waals surface area contributed by atoms with Gasteiger partial charge in [-0.1, -0.05) is 0 Å². The zero-order valence-corrected chi connectivity index (χ0v) is 10.5. The van der Waals surface area contributed by atoms with Crippen LogP contribution in [0.1, 0.15) is 20.8 Å². The average molecular weight is 214 g/mol. The summed E-state index contributed by atoms with van der Waals surface area (Å²) in [6, 6.07) is 0. The van der Waals surface area contributed by atoms with Gasteiger partial charge in [-0.2, -0.15) is 0 Å². The molecule has 0 heterocycles. The summed E-state index contributed by atoms with van der Waals surface area (Å²) < 4.78 is 31.3. The minimum atomic E-state index is -4.92. The second-order valence-corrected chi connectivity index (χ2v) is 9.28. The van der Waals surface area contributed by atoms with Gasteiger partial charge < -0.3 is 0 Å². The normalized spacial score (nSPS) is 17.6. The van der Waals surface area contributed by atoms with Crippen LogP contribution in [0.25, 0.3) is 0 Å². The number of hydrogen-bond donors (Lipinski definition) is 0. The molecule has 13 heavy (non-hydrogen) atoms. The number of hydrogen-bond acceptors (Lipinski definition) is 2. The first-order valence-electron chi connectivity index (χ1n) is 4.25. The van der Waals surface area contributed by atoms with Crippen molar-refractivity contribution in [2.45, 2.75) is 25.9 Å². The molecule has 0 N–H and O–H groups in total. The summed E-state index contributed by atoms with van der Waals surface area (Å²) in [7, 11) is 0.873. The van der Waals surface area contributed by atoms with E-state index in [1.807, 2.05) is 0 Å². The summed E-state index contributed by atoms with van der Waals surface area (Å²) in [5, 5.41) is -1.02. The molecule has 0 aliphatic heterocycles. The minimum absolute atomic E-state index is 1.02. The van der Waals surface area contributed by atoms with Crippen LogP contribution in [-0.4, -0.2) is 42.7 Å². The van der Waals surface area contributed by atoms with Crippen molar-refractivity contribution in [2.75, 3.05) is 28.2 Å². The fourth-order valence-corrected chi connectivity index (χ4v) is 4.67. The molecule has 0 aliphatic rings. The topological polar surface area (TPSA) is 6.48 Å². The van der Waals surface area contributed by atoms with Crippen molar-refractivity contribution in [1.82, 2.24) is 9.34 Å². The Morgan fingerprint density at radius 2 is 1.08 bits per heavy atom. The van der Waals surface area contributed by atoms with Crippen molar-refractivity contribution < 1.29 is 8.39 Å². The summed E-state index contributed by atoms with van der Waals surface area (Å²) in [4.78, 5) is 0. The van der Waals surface area contributed by atoms with E-state index in [1.54, 1.807) is 20.8 Å². The first-order chi connectivity index (χ1) is 5.44. The molecule has 0 aromatic heterocycles. The van der Waals surface area contributed by atoms with Crippen molar-refractivity contribution >= 4 is 7.53 Å². The Morgan fingerprint density at radius 3 is 1.08 bits per heavy atom. The van der Waals surface area contributed by atoms with E-state index in [0.29, 0.717) is 0 Å². The zero-order valence-electron chi connectivity index (χ0n) is 9.60. The predicted octanol–water partition coefficient (Wildman–Crippen LogP) is 3.06.